The first kappa shape index (κ1) is 22.8. The summed E-state index contributed by atoms with van der Waals surface area (Å²) < 4.78 is 36.7. The molecule has 0 unspecified atom stereocenters. The van der Waals surface area contributed by atoms with E-state index in [1.165, 1.54) is 11.9 Å². The molecule has 1 fully saturated rings. The van der Waals surface area contributed by atoms with E-state index >= 15 is 0 Å². The number of hydrogen-bond acceptors (Lipinski definition) is 2. The number of likely N-dealkylation sites (tertiary alicyclic amines) is 1. The molecular formula is C15H30F3IN4. The smallest absolute Gasteiger partial charge is 0.357 e. The first-order valence-corrected chi connectivity index (χ1v) is 7.91. The van der Waals surface area contributed by atoms with E-state index in [0.29, 0.717) is 24.9 Å². The molecule has 1 aliphatic rings. The average Bonchev–Trinajstić information content (AvgIpc) is 2.71. The zero-order valence-electron chi connectivity index (χ0n) is 14.5. The van der Waals surface area contributed by atoms with Gasteiger partial charge in [-0.05, 0) is 38.8 Å². The van der Waals surface area contributed by atoms with E-state index in [2.05, 4.69) is 29.1 Å². The molecule has 1 rings (SSSR count). The van der Waals surface area contributed by atoms with Crippen LogP contribution in [0.25, 0.3) is 0 Å². The van der Waals surface area contributed by atoms with E-state index in [4.69, 9.17) is 0 Å². The zero-order valence-corrected chi connectivity index (χ0v) is 16.9. The predicted octanol–water partition coefficient (Wildman–Crippen LogP) is 3.19. The van der Waals surface area contributed by atoms with Crippen LogP contribution in [-0.2, 0) is 0 Å². The lowest BCUT2D eigenvalue weighted by molar-refractivity contribution is -0.143. The van der Waals surface area contributed by atoms with Crippen molar-refractivity contribution in [2.24, 2.45) is 10.4 Å². The van der Waals surface area contributed by atoms with Crippen molar-refractivity contribution in [3.63, 3.8) is 0 Å². The van der Waals surface area contributed by atoms with Crippen LogP contribution < -0.4 is 5.32 Å². The molecule has 0 aliphatic carbocycles. The first-order valence-electron chi connectivity index (χ1n) is 7.91. The highest BCUT2D eigenvalue weighted by Crippen LogP contribution is 2.28. The van der Waals surface area contributed by atoms with E-state index in [1.807, 2.05) is 6.92 Å². The third-order valence-electron chi connectivity index (χ3n) is 3.72. The Balaban J connectivity index is 0.00000484. The quantitative estimate of drug-likeness (QED) is 0.292. The van der Waals surface area contributed by atoms with E-state index in [0.717, 1.165) is 32.0 Å². The third kappa shape index (κ3) is 9.59. The van der Waals surface area contributed by atoms with Crippen LogP contribution in [0.3, 0.4) is 0 Å². The van der Waals surface area contributed by atoms with Crippen LogP contribution >= 0.6 is 24.0 Å². The zero-order chi connectivity index (χ0) is 16.8. The summed E-state index contributed by atoms with van der Waals surface area (Å²) in [5.74, 6) is 0.881. The van der Waals surface area contributed by atoms with Gasteiger partial charge in [0.05, 0.1) is 6.54 Å². The van der Waals surface area contributed by atoms with Crippen molar-refractivity contribution in [2.75, 3.05) is 46.3 Å². The molecule has 1 heterocycles. The molecule has 8 heteroatoms. The fourth-order valence-electron chi connectivity index (χ4n) is 2.63. The minimum atomic E-state index is -4.13. The summed E-state index contributed by atoms with van der Waals surface area (Å²) in [6.07, 6.45) is -2.38. The van der Waals surface area contributed by atoms with Gasteiger partial charge >= 0.3 is 6.18 Å². The van der Waals surface area contributed by atoms with Crippen LogP contribution in [0.15, 0.2) is 4.99 Å². The highest BCUT2D eigenvalue weighted by Gasteiger charge is 2.31. The van der Waals surface area contributed by atoms with Crippen molar-refractivity contribution in [3.8, 4) is 0 Å². The Kier molecular flexibility index (Phi) is 9.80. The molecule has 0 amide bonds. The van der Waals surface area contributed by atoms with Gasteiger partial charge in [0.1, 0.15) is 0 Å². The number of rotatable bonds is 6. The van der Waals surface area contributed by atoms with Crippen LogP contribution in [-0.4, -0.2) is 68.3 Å². The molecule has 1 saturated heterocycles. The lowest BCUT2D eigenvalue weighted by Crippen LogP contribution is -2.41. The van der Waals surface area contributed by atoms with Crippen LogP contribution in [0.2, 0.25) is 0 Å². The number of alkyl halides is 3. The van der Waals surface area contributed by atoms with Gasteiger partial charge in [-0.25, -0.2) is 0 Å². The minimum Gasteiger partial charge on any atom is -0.357 e. The maximum atomic E-state index is 12.2. The first-order chi connectivity index (χ1) is 10.1. The molecule has 0 aromatic carbocycles. The fraction of sp³-hybridized carbons (Fsp3) is 0.933. The Hall–Kier alpha value is -0.250. The Bertz CT molecular complexity index is 372. The molecule has 0 saturated carbocycles. The van der Waals surface area contributed by atoms with Gasteiger partial charge in [-0.2, -0.15) is 13.2 Å². The molecule has 4 nitrogen and oxygen atoms in total. The maximum Gasteiger partial charge on any atom is 0.401 e. The van der Waals surface area contributed by atoms with E-state index in [-0.39, 0.29) is 24.0 Å². The Morgan fingerprint density at radius 2 is 2.00 bits per heavy atom. The van der Waals surface area contributed by atoms with Crippen molar-refractivity contribution < 1.29 is 13.2 Å². The van der Waals surface area contributed by atoms with Gasteiger partial charge in [0.15, 0.2) is 5.96 Å². The highest BCUT2D eigenvalue weighted by atomic mass is 127. The van der Waals surface area contributed by atoms with Crippen molar-refractivity contribution in [3.05, 3.63) is 0 Å². The van der Waals surface area contributed by atoms with E-state index in [9.17, 15) is 13.2 Å². The third-order valence-corrected chi connectivity index (χ3v) is 3.72. The second-order valence-corrected chi connectivity index (χ2v) is 6.78. The number of aliphatic imine (C=N–C) groups is 1. The van der Waals surface area contributed by atoms with Crippen LogP contribution in [0.4, 0.5) is 13.2 Å². The van der Waals surface area contributed by atoms with E-state index in [1.54, 1.807) is 0 Å². The van der Waals surface area contributed by atoms with Gasteiger partial charge in [-0.15, -0.1) is 24.0 Å². The fourth-order valence-corrected chi connectivity index (χ4v) is 2.63. The molecule has 1 N–H and O–H groups in total. The molecule has 1 aliphatic heterocycles. The van der Waals surface area contributed by atoms with Crippen molar-refractivity contribution in [1.29, 1.82) is 0 Å². The van der Waals surface area contributed by atoms with Gasteiger partial charge in [-0.3, -0.25) is 9.89 Å². The predicted molar refractivity (Wildman–Crippen MR) is 99.5 cm³/mol. The molecule has 0 atom stereocenters. The summed E-state index contributed by atoms with van der Waals surface area (Å²) in [7, 11) is 1.49. The molecule has 0 bridgehead atoms. The van der Waals surface area contributed by atoms with Crippen LogP contribution in [0, 0.1) is 5.41 Å². The van der Waals surface area contributed by atoms with Gasteiger partial charge in [-0.1, -0.05) is 13.8 Å². The summed E-state index contributed by atoms with van der Waals surface area (Å²) in [5, 5.41) is 3.27. The Morgan fingerprint density at radius 1 is 1.35 bits per heavy atom. The maximum absolute atomic E-state index is 12.2. The number of halogens is 4. The molecule has 23 heavy (non-hydrogen) atoms. The lowest BCUT2D eigenvalue weighted by atomic mass is 9.93. The van der Waals surface area contributed by atoms with Crippen LogP contribution in [0.1, 0.15) is 33.6 Å². The minimum absolute atomic E-state index is 0. The Morgan fingerprint density at radius 3 is 2.48 bits per heavy atom. The average molecular weight is 450 g/mol. The van der Waals surface area contributed by atoms with Gasteiger partial charge < -0.3 is 10.2 Å². The summed E-state index contributed by atoms with van der Waals surface area (Å²) >= 11 is 0. The highest BCUT2D eigenvalue weighted by molar-refractivity contribution is 14.0. The topological polar surface area (TPSA) is 30.9 Å². The normalized spacial score (nSPS) is 18.3. The van der Waals surface area contributed by atoms with E-state index < -0.39 is 12.7 Å². The SMILES string of the molecule is CCNC(=NCCCN(C)CC(F)(F)F)N1CCC(C)(C)C1.I. The van der Waals surface area contributed by atoms with Gasteiger partial charge in [0, 0.05) is 26.2 Å². The lowest BCUT2D eigenvalue weighted by Gasteiger charge is -2.24. The van der Waals surface area contributed by atoms with Crippen LogP contribution in [0.5, 0.6) is 0 Å². The molecule has 0 radical (unpaired) electrons. The molecule has 0 aromatic rings. The molecule has 0 aromatic heterocycles. The summed E-state index contributed by atoms with van der Waals surface area (Å²) in [6, 6.07) is 0. The molecular weight excluding hydrogens is 420 g/mol. The van der Waals surface area contributed by atoms with Gasteiger partial charge in [0.25, 0.3) is 0 Å². The summed E-state index contributed by atoms with van der Waals surface area (Å²) in [5.41, 5.74) is 0.295. The van der Waals surface area contributed by atoms with Crippen molar-refractivity contribution >= 4 is 29.9 Å². The Labute approximate surface area is 154 Å². The monoisotopic (exact) mass is 450 g/mol. The molecule has 0 spiro atoms. The van der Waals surface area contributed by atoms with Gasteiger partial charge in [0.2, 0.25) is 0 Å². The standard InChI is InChI=1S/C15H29F3N4.HI/c1-5-19-13(22-10-7-14(2,3)11-22)20-8-6-9-21(4)12-15(16,17)18;/h5-12H2,1-4H3,(H,19,20);1H. The summed E-state index contributed by atoms with van der Waals surface area (Å²) in [4.78, 5) is 8.09. The largest absolute Gasteiger partial charge is 0.401 e. The number of nitrogens with one attached hydrogen (secondary N) is 1. The second-order valence-electron chi connectivity index (χ2n) is 6.78. The number of guanidine groups is 1. The van der Waals surface area contributed by atoms with Crippen molar-refractivity contribution in [2.45, 2.75) is 39.8 Å². The van der Waals surface area contributed by atoms with Crippen molar-refractivity contribution in [1.82, 2.24) is 15.1 Å². The number of nitrogens with zero attached hydrogens (tertiary/aromatic N) is 3. The summed E-state index contributed by atoms with van der Waals surface area (Å²) in [6.45, 7) is 9.31. The second kappa shape index (κ2) is 9.90. The number of hydrogen-bond donors (Lipinski definition) is 1. The molecule has 138 valence electrons.